The monoisotopic (exact) mass is 202 g/mol. The first-order valence-corrected chi connectivity index (χ1v) is 4.62. The average molecular weight is 202 g/mol. The number of rotatable bonds is 6. The third-order valence-electron chi connectivity index (χ3n) is 1.70. The Labute approximate surface area is 91.9 Å². The minimum absolute atomic E-state index is 0.506. The van der Waals surface area contributed by atoms with E-state index in [1.54, 1.807) is 12.2 Å². The minimum Gasteiger partial charge on any atom is -0.399 e. The molecule has 3 N–H and O–H groups in total. The molecule has 0 bridgehead atoms. The van der Waals surface area contributed by atoms with Crippen molar-refractivity contribution in [3.8, 4) is 0 Å². The lowest BCUT2D eigenvalue weighted by atomic mass is 10.1. The molecule has 0 amide bonds. The van der Waals surface area contributed by atoms with Crippen molar-refractivity contribution < 1.29 is 0 Å². The van der Waals surface area contributed by atoms with Gasteiger partial charge in [0.2, 0.25) is 0 Å². The van der Waals surface area contributed by atoms with Crippen LogP contribution in [0.5, 0.6) is 0 Å². The van der Waals surface area contributed by atoms with Crippen LogP contribution >= 0.6 is 0 Å². The summed E-state index contributed by atoms with van der Waals surface area (Å²) in [4.78, 5) is 0. The van der Waals surface area contributed by atoms with Gasteiger partial charge in [0, 0.05) is 24.0 Å². The SMILES string of the molecule is C=C\C=C/C=C(C(=C)N)/C(=C\C=C)NC. The zero-order valence-electron chi connectivity index (χ0n) is 9.16. The maximum atomic E-state index is 5.69. The molecule has 0 spiro atoms. The van der Waals surface area contributed by atoms with Crippen LogP contribution in [0.1, 0.15) is 0 Å². The lowest BCUT2D eigenvalue weighted by molar-refractivity contribution is 1.000. The molecule has 0 saturated carbocycles. The summed E-state index contributed by atoms with van der Waals surface area (Å²) in [5.74, 6) is 0. The van der Waals surface area contributed by atoms with Crippen LogP contribution in [0.2, 0.25) is 0 Å². The van der Waals surface area contributed by atoms with Crippen LogP contribution < -0.4 is 11.1 Å². The highest BCUT2D eigenvalue weighted by molar-refractivity contribution is 5.46. The topological polar surface area (TPSA) is 38.0 Å². The Morgan fingerprint density at radius 1 is 1.13 bits per heavy atom. The largest absolute Gasteiger partial charge is 0.399 e. The fourth-order valence-electron chi connectivity index (χ4n) is 1.03. The molecule has 0 fully saturated rings. The van der Waals surface area contributed by atoms with Gasteiger partial charge in [-0.05, 0) is 6.08 Å². The molecule has 15 heavy (non-hydrogen) atoms. The van der Waals surface area contributed by atoms with Crippen LogP contribution in [-0.2, 0) is 0 Å². The summed E-state index contributed by atoms with van der Waals surface area (Å²) < 4.78 is 0. The van der Waals surface area contributed by atoms with Crippen molar-refractivity contribution in [3.63, 3.8) is 0 Å². The van der Waals surface area contributed by atoms with Crippen molar-refractivity contribution in [3.05, 3.63) is 73.2 Å². The van der Waals surface area contributed by atoms with E-state index >= 15 is 0 Å². The normalized spacial score (nSPS) is 12.6. The molecule has 80 valence electrons. The molecule has 0 saturated heterocycles. The van der Waals surface area contributed by atoms with Gasteiger partial charge in [-0.15, -0.1) is 0 Å². The van der Waals surface area contributed by atoms with Crippen molar-refractivity contribution in [1.82, 2.24) is 5.32 Å². The second kappa shape index (κ2) is 7.44. The van der Waals surface area contributed by atoms with Crippen molar-refractivity contribution >= 4 is 0 Å². The Kier molecular flexibility index (Phi) is 6.47. The molecule has 0 heterocycles. The Hall–Kier alpha value is -1.96. The summed E-state index contributed by atoms with van der Waals surface area (Å²) in [6.07, 6.45) is 10.8. The van der Waals surface area contributed by atoms with Crippen LogP contribution in [0.15, 0.2) is 73.2 Å². The number of hydrogen-bond acceptors (Lipinski definition) is 2. The van der Waals surface area contributed by atoms with Crippen molar-refractivity contribution in [2.75, 3.05) is 7.05 Å². The smallest absolute Gasteiger partial charge is 0.0431 e. The van der Waals surface area contributed by atoms with E-state index < -0.39 is 0 Å². The van der Waals surface area contributed by atoms with Crippen LogP contribution in [0.25, 0.3) is 0 Å². The summed E-state index contributed by atoms with van der Waals surface area (Å²) in [5, 5.41) is 3.03. The van der Waals surface area contributed by atoms with E-state index in [1.807, 2.05) is 31.4 Å². The van der Waals surface area contributed by atoms with E-state index in [-0.39, 0.29) is 0 Å². The van der Waals surface area contributed by atoms with E-state index in [4.69, 9.17) is 5.73 Å². The van der Waals surface area contributed by atoms with Gasteiger partial charge in [0.1, 0.15) is 0 Å². The van der Waals surface area contributed by atoms with Gasteiger partial charge in [-0.25, -0.2) is 0 Å². The summed E-state index contributed by atoms with van der Waals surface area (Å²) in [6.45, 7) is 10.9. The standard InChI is InChI=1S/C13H18N2/c1-5-7-8-10-12(11(3)14)13(15-4)9-6-2/h5-10,15H,1-3,14H2,4H3/b8-7-,12-10+,13-9+. The predicted molar refractivity (Wildman–Crippen MR) is 68.1 cm³/mol. The summed E-state index contributed by atoms with van der Waals surface area (Å²) in [6, 6.07) is 0. The predicted octanol–water partition coefficient (Wildman–Crippen LogP) is 2.42. The van der Waals surface area contributed by atoms with Gasteiger partial charge >= 0.3 is 0 Å². The maximum Gasteiger partial charge on any atom is 0.0431 e. The molecule has 0 aromatic carbocycles. The van der Waals surface area contributed by atoms with Crippen molar-refractivity contribution in [2.45, 2.75) is 0 Å². The number of allylic oxidation sites excluding steroid dienone is 6. The van der Waals surface area contributed by atoms with Crippen LogP contribution in [0.4, 0.5) is 0 Å². The third kappa shape index (κ3) is 4.72. The van der Waals surface area contributed by atoms with Gasteiger partial charge in [-0.1, -0.05) is 50.1 Å². The fourth-order valence-corrected chi connectivity index (χ4v) is 1.03. The van der Waals surface area contributed by atoms with Crippen LogP contribution in [0, 0.1) is 0 Å². The Morgan fingerprint density at radius 3 is 2.20 bits per heavy atom. The molecule has 0 rings (SSSR count). The highest BCUT2D eigenvalue weighted by atomic mass is 14.8. The first-order chi connectivity index (χ1) is 7.17. The van der Waals surface area contributed by atoms with Crippen LogP contribution in [0.3, 0.4) is 0 Å². The lowest BCUT2D eigenvalue weighted by Crippen LogP contribution is -2.12. The molecule has 2 heteroatoms. The molecule has 0 aliphatic rings. The lowest BCUT2D eigenvalue weighted by Gasteiger charge is -2.10. The van der Waals surface area contributed by atoms with Crippen molar-refractivity contribution in [1.29, 1.82) is 0 Å². The molecular weight excluding hydrogens is 184 g/mol. The van der Waals surface area contributed by atoms with E-state index in [0.29, 0.717) is 5.70 Å². The molecular formula is C13H18N2. The summed E-state index contributed by atoms with van der Waals surface area (Å²) in [5.41, 5.74) is 7.92. The average Bonchev–Trinajstić information content (AvgIpc) is 2.21. The molecule has 0 aliphatic carbocycles. The zero-order valence-corrected chi connectivity index (χ0v) is 9.16. The summed E-state index contributed by atoms with van der Waals surface area (Å²) in [7, 11) is 1.82. The zero-order chi connectivity index (χ0) is 11.7. The molecule has 0 aliphatic heterocycles. The number of hydrogen-bond donors (Lipinski definition) is 2. The Balaban J connectivity index is 5.10. The van der Waals surface area contributed by atoms with E-state index in [0.717, 1.165) is 11.3 Å². The quantitative estimate of drug-likeness (QED) is 0.649. The second-order valence-electron chi connectivity index (χ2n) is 2.79. The molecule has 0 aromatic rings. The second-order valence-corrected chi connectivity index (χ2v) is 2.79. The Bertz CT molecular complexity index is 330. The molecule has 0 radical (unpaired) electrons. The number of likely N-dealkylation sites (N-methyl/N-ethyl adjacent to an activating group) is 1. The van der Waals surface area contributed by atoms with E-state index in [1.165, 1.54) is 0 Å². The summed E-state index contributed by atoms with van der Waals surface area (Å²) >= 11 is 0. The van der Waals surface area contributed by atoms with Crippen LogP contribution in [-0.4, -0.2) is 7.05 Å². The number of nitrogens with two attached hydrogens (primary N) is 1. The highest BCUT2D eigenvalue weighted by Gasteiger charge is 2.02. The van der Waals surface area contributed by atoms with Crippen molar-refractivity contribution in [2.24, 2.45) is 5.73 Å². The molecule has 0 aromatic heterocycles. The maximum absolute atomic E-state index is 5.69. The van der Waals surface area contributed by atoms with Gasteiger partial charge in [-0.2, -0.15) is 0 Å². The van der Waals surface area contributed by atoms with Gasteiger partial charge in [0.25, 0.3) is 0 Å². The Morgan fingerprint density at radius 2 is 1.80 bits per heavy atom. The minimum atomic E-state index is 0.506. The van der Waals surface area contributed by atoms with Gasteiger partial charge in [-0.3, -0.25) is 0 Å². The highest BCUT2D eigenvalue weighted by Crippen LogP contribution is 2.12. The van der Waals surface area contributed by atoms with E-state index in [2.05, 4.69) is 25.1 Å². The van der Waals surface area contributed by atoms with E-state index in [9.17, 15) is 0 Å². The molecule has 0 unspecified atom stereocenters. The van der Waals surface area contributed by atoms with Gasteiger partial charge in [0.15, 0.2) is 0 Å². The first kappa shape index (κ1) is 13.0. The molecule has 0 atom stereocenters. The third-order valence-corrected chi connectivity index (χ3v) is 1.70. The van der Waals surface area contributed by atoms with Gasteiger partial charge in [0.05, 0.1) is 0 Å². The first-order valence-electron chi connectivity index (χ1n) is 4.62. The van der Waals surface area contributed by atoms with Gasteiger partial charge < -0.3 is 11.1 Å². The molecule has 2 nitrogen and oxygen atoms in total. The number of nitrogens with one attached hydrogen (secondary N) is 1. The fraction of sp³-hybridized carbons (Fsp3) is 0.0769.